The van der Waals surface area contributed by atoms with E-state index in [2.05, 4.69) is 31.4 Å². The van der Waals surface area contributed by atoms with Crippen molar-refractivity contribution < 1.29 is 19.1 Å². The zero-order valence-electron chi connectivity index (χ0n) is 19.4. The maximum atomic E-state index is 12.6. The second-order valence-corrected chi connectivity index (χ2v) is 11.2. The SMILES string of the molecule is CC1(C)Cc2cccc(OCC(=O)NC3CCC4C(C3)NC(=O)CC4C(C)(C)C)c2O1. The van der Waals surface area contributed by atoms with Crippen LogP contribution in [0.3, 0.4) is 0 Å². The Kier molecular flexibility index (Phi) is 5.69. The summed E-state index contributed by atoms with van der Waals surface area (Å²) >= 11 is 0. The van der Waals surface area contributed by atoms with Gasteiger partial charge in [-0.1, -0.05) is 32.9 Å². The number of hydrogen-bond acceptors (Lipinski definition) is 4. The molecule has 3 aliphatic rings. The quantitative estimate of drug-likeness (QED) is 0.768. The molecule has 1 saturated heterocycles. The van der Waals surface area contributed by atoms with Crippen LogP contribution in [-0.2, 0) is 16.0 Å². The fourth-order valence-electron chi connectivity index (χ4n) is 5.65. The summed E-state index contributed by atoms with van der Waals surface area (Å²) in [6.07, 6.45) is 4.18. The molecular weight excluding hydrogens is 392 g/mol. The van der Waals surface area contributed by atoms with Crippen molar-refractivity contribution in [1.82, 2.24) is 10.6 Å². The van der Waals surface area contributed by atoms with Crippen molar-refractivity contribution in [2.75, 3.05) is 6.61 Å². The van der Waals surface area contributed by atoms with Crippen molar-refractivity contribution in [2.45, 2.75) is 84.4 Å². The van der Waals surface area contributed by atoms with Crippen LogP contribution in [0.2, 0.25) is 0 Å². The average Bonchev–Trinajstić information content (AvgIpc) is 2.99. The Hall–Kier alpha value is -2.24. The van der Waals surface area contributed by atoms with Crippen LogP contribution >= 0.6 is 0 Å². The summed E-state index contributed by atoms with van der Waals surface area (Å²) in [6.45, 7) is 10.7. The van der Waals surface area contributed by atoms with Gasteiger partial charge in [-0.05, 0) is 56.4 Å². The predicted molar refractivity (Wildman–Crippen MR) is 119 cm³/mol. The molecule has 6 nitrogen and oxygen atoms in total. The summed E-state index contributed by atoms with van der Waals surface area (Å²) in [5.74, 6) is 2.24. The van der Waals surface area contributed by atoms with Crippen LogP contribution in [0.5, 0.6) is 11.5 Å². The van der Waals surface area contributed by atoms with Gasteiger partial charge in [0.2, 0.25) is 5.91 Å². The Morgan fingerprint density at radius 2 is 2.06 bits per heavy atom. The second-order valence-electron chi connectivity index (χ2n) is 11.2. The monoisotopic (exact) mass is 428 g/mol. The van der Waals surface area contributed by atoms with E-state index in [4.69, 9.17) is 9.47 Å². The molecule has 4 unspecified atom stereocenters. The maximum Gasteiger partial charge on any atom is 0.258 e. The third-order valence-corrected chi connectivity index (χ3v) is 7.06. The first-order valence-electron chi connectivity index (χ1n) is 11.5. The summed E-state index contributed by atoms with van der Waals surface area (Å²) in [7, 11) is 0. The largest absolute Gasteiger partial charge is 0.483 e. The highest BCUT2D eigenvalue weighted by atomic mass is 16.5. The molecule has 31 heavy (non-hydrogen) atoms. The zero-order valence-corrected chi connectivity index (χ0v) is 19.4. The number of carbonyl (C=O) groups is 2. The summed E-state index contributed by atoms with van der Waals surface area (Å²) in [5, 5.41) is 6.30. The van der Waals surface area contributed by atoms with Gasteiger partial charge in [-0.15, -0.1) is 0 Å². The first-order chi connectivity index (χ1) is 14.5. The van der Waals surface area contributed by atoms with E-state index >= 15 is 0 Å². The fraction of sp³-hybridized carbons (Fsp3) is 0.680. The maximum absolute atomic E-state index is 12.6. The minimum atomic E-state index is -0.252. The lowest BCUT2D eigenvalue weighted by Gasteiger charge is -2.48. The number of benzene rings is 1. The summed E-state index contributed by atoms with van der Waals surface area (Å²) < 4.78 is 11.8. The number of ether oxygens (including phenoxy) is 2. The molecule has 0 spiro atoms. The highest BCUT2D eigenvalue weighted by Gasteiger charge is 2.45. The van der Waals surface area contributed by atoms with E-state index < -0.39 is 0 Å². The van der Waals surface area contributed by atoms with Crippen molar-refractivity contribution in [1.29, 1.82) is 0 Å². The molecule has 0 bridgehead atoms. The number of amides is 2. The van der Waals surface area contributed by atoms with Crippen molar-refractivity contribution in [3.8, 4) is 11.5 Å². The van der Waals surface area contributed by atoms with Crippen LogP contribution < -0.4 is 20.1 Å². The van der Waals surface area contributed by atoms with Gasteiger partial charge in [0, 0.05) is 30.5 Å². The Labute approximate surface area is 185 Å². The molecule has 1 aromatic carbocycles. The fourth-order valence-corrected chi connectivity index (χ4v) is 5.65. The number of rotatable bonds is 4. The molecule has 0 radical (unpaired) electrons. The highest BCUT2D eigenvalue weighted by molar-refractivity contribution is 5.79. The number of fused-ring (bicyclic) bond motifs is 2. The van der Waals surface area contributed by atoms with Gasteiger partial charge in [-0.25, -0.2) is 0 Å². The van der Waals surface area contributed by atoms with Crippen LogP contribution in [0.4, 0.5) is 0 Å². The molecule has 6 heteroatoms. The van der Waals surface area contributed by atoms with E-state index in [1.165, 1.54) is 0 Å². The van der Waals surface area contributed by atoms with E-state index in [1.54, 1.807) is 0 Å². The lowest BCUT2D eigenvalue weighted by atomic mass is 9.62. The van der Waals surface area contributed by atoms with Crippen LogP contribution in [-0.4, -0.2) is 36.1 Å². The Morgan fingerprint density at radius 3 is 2.81 bits per heavy atom. The van der Waals surface area contributed by atoms with Crippen LogP contribution in [0.15, 0.2) is 18.2 Å². The van der Waals surface area contributed by atoms with E-state index in [0.717, 1.165) is 37.0 Å². The van der Waals surface area contributed by atoms with Gasteiger partial charge in [-0.3, -0.25) is 9.59 Å². The normalized spacial score (nSPS) is 29.3. The van der Waals surface area contributed by atoms with Gasteiger partial charge >= 0.3 is 0 Å². The molecule has 1 aromatic rings. The van der Waals surface area contributed by atoms with Crippen molar-refractivity contribution in [3.05, 3.63) is 23.8 Å². The van der Waals surface area contributed by atoms with Gasteiger partial charge in [0.05, 0.1) is 0 Å². The van der Waals surface area contributed by atoms with Crippen molar-refractivity contribution in [2.24, 2.45) is 17.3 Å². The molecule has 170 valence electrons. The number of piperidine rings is 1. The number of carbonyl (C=O) groups excluding carboxylic acids is 2. The third-order valence-electron chi connectivity index (χ3n) is 7.06. The van der Waals surface area contributed by atoms with Gasteiger partial charge in [-0.2, -0.15) is 0 Å². The predicted octanol–water partition coefficient (Wildman–Crippen LogP) is 3.61. The topological polar surface area (TPSA) is 76.7 Å². The molecule has 0 aromatic heterocycles. The smallest absolute Gasteiger partial charge is 0.258 e. The number of nitrogens with one attached hydrogen (secondary N) is 2. The minimum Gasteiger partial charge on any atom is -0.483 e. The molecule has 1 aliphatic carbocycles. The molecular formula is C25H36N2O4. The first-order valence-corrected chi connectivity index (χ1v) is 11.5. The molecule has 2 amide bonds. The van der Waals surface area contributed by atoms with Gasteiger partial charge in [0.1, 0.15) is 5.60 Å². The van der Waals surface area contributed by atoms with E-state index in [-0.39, 0.29) is 41.5 Å². The lowest BCUT2D eigenvalue weighted by Crippen LogP contribution is -2.57. The summed E-state index contributed by atoms with van der Waals surface area (Å²) in [4.78, 5) is 24.9. The molecule has 2 aliphatic heterocycles. The highest BCUT2D eigenvalue weighted by Crippen LogP contribution is 2.44. The van der Waals surface area contributed by atoms with Gasteiger partial charge in [0.25, 0.3) is 5.91 Å². The number of hydrogen-bond donors (Lipinski definition) is 2. The molecule has 2 fully saturated rings. The minimum absolute atomic E-state index is 0.0399. The van der Waals surface area contributed by atoms with Crippen molar-refractivity contribution in [3.63, 3.8) is 0 Å². The Balaban J connectivity index is 1.32. The van der Waals surface area contributed by atoms with Gasteiger partial charge in [0.15, 0.2) is 18.1 Å². The van der Waals surface area contributed by atoms with Crippen LogP contribution in [0.25, 0.3) is 0 Å². The second kappa shape index (κ2) is 8.03. The molecule has 2 heterocycles. The Bertz CT molecular complexity index is 858. The van der Waals surface area contributed by atoms with Crippen molar-refractivity contribution >= 4 is 11.8 Å². The van der Waals surface area contributed by atoms with Gasteiger partial charge < -0.3 is 20.1 Å². The van der Waals surface area contributed by atoms with Crippen LogP contribution in [0, 0.1) is 17.3 Å². The summed E-state index contributed by atoms with van der Waals surface area (Å²) in [5.41, 5.74) is 0.970. The zero-order chi connectivity index (χ0) is 22.4. The summed E-state index contributed by atoms with van der Waals surface area (Å²) in [6, 6.07) is 6.03. The lowest BCUT2D eigenvalue weighted by molar-refractivity contribution is -0.130. The Morgan fingerprint density at radius 1 is 1.29 bits per heavy atom. The molecule has 1 saturated carbocycles. The standard InChI is InChI=1S/C25H36N2O4/c1-24(2,3)18-12-21(28)27-19-11-16(9-10-17(18)19)26-22(29)14-30-20-8-6-7-15-13-25(4,5)31-23(15)20/h6-8,16-19H,9-14H2,1-5H3,(H,26,29)(H,27,28). The molecule has 4 rings (SSSR count). The molecule has 2 N–H and O–H groups in total. The number of para-hydroxylation sites is 1. The van der Waals surface area contributed by atoms with E-state index in [0.29, 0.717) is 24.0 Å². The van der Waals surface area contributed by atoms with E-state index in [1.807, 2.05) is 32.0 Å². The van der Waals surface area contributed by atoms with E-state index in [9.17, 15) is 9.59 Å². The average molecular weight is 429 g/mol. The third kappa shape index (κ3) is 4.83. The van der Waals surface area contributed by atoms with Crippen LogP contribution in [0.1, 0.15) is 65.9 Å². The molecule has 4 atom stereocenters. The first kappa shape index (κ1) is 22.0.